The van der Waals surface area contributed by atoms with Crippen LogP contribution in [0, 0.1) is 11.3 Å². The lowest BCUT2D eigenvalue weighted by Gasteiger charge is -2.34. The van der Waals surface area contributed by atoms with E-state index in [-0.39, 0.29) is 0 Å². The third-order valence-electron chi connectivity index (χ3n) is 11.0. The largest absolute Gasteiger partial charge is 0.449 e. The van der Waals surface area contributed by atoms with Crippen molar-refractivity contribution in [2.24, 2.45) is 0 Å². The van der Waals surface area contributed by atoms with Gasteiger partial charge in [-0.05, 0) is 104 Å². The highest BCUT2D eigenvalue weighted by Crippen LogP contribution is 2.60. The Balaban J connectivity index is 0.985. The maximum atomic E-state index is 9.35. The highest BCUT2D eigenvalue weighted by atomic mass is 16.6. The van der Waals surface area contributed by atoms with Crippen molar-refractivity contribution in [1.29, 1.82) is 5.26 Å². The highest BCUT2D eigenvalue weighted by Gasteiger charge is 2.47. The number of allylic oxidation sites excluding steroid dienone is 1. The van der Waals surface area contributed by atoms with Crippen molar-refractivity contribution in [1.82, 2.24) is 0 Å². The van der Waals surface area contributed by atoms with E-state index in [9.17, 15) is 5.26 Å². The molecule has 0 bridgehead atoms. The molecule has 0 aromatic heterocycles. The molecule has 3 heteroatoms. The molecule has 0 saturated heterocycles. The minimum absolute atomic E-state index is 0.529. The van der Waals surface area contributed by atoms with Gasteiger partial charge in [0.25, 0.3) is 0 Å². The first-order valence-electron chi connectivity index (χ1n) is 18.9. The molecule has 0 unspecified atom stereocenters. The smallest absolute Gasteiger partial charge is 0.177 e. The maximum absolute atomic E-state index is 9.35. The molecule has 8 aromatic carbocycles. The second-order valence-electron chi connectivity index (χ2n) is 14.3. The molecule has 1 aliphatic carbocycles. The van der Waals surface area contributed by atoms with E-state index >= 15 is 0 Å². The Kier molecular flexibility index (Phi) is 8.16. The molecule has 0 N–H and O–H groups in total. The monoisotopic (exact) mass is 717 g/mol. The molecule has 56 heavy (non-hydrogen) atoms. The molecule has 264 valence electrons. The topological polar surface area (TPSA) is 42.2 Å². The van der Waals surface area contributed by atoms with Crippen LogP contribution < -0.4 is 9.47 Å². The van der Waals surface area contributed by atoms with Gasteiger partial charge in [-0.25, -0.2) is 0 Å². The van der Waals surface area contributed by atoms with Crippen LogP contribution in [0.1, 0.15) is 38.9 Å². The SMILES string of the molecule is N#Cc1cccc(-c2cccc(/C=C/Cc3cccc(-c4cccc5c4Oc4cc6c(cc4O5)-c4ccccc4C6(c4ccccc4)c4ccccc4)c3)c2)c1. The molecule has 10 rings (SSSR count). The number of nitrogens with zero attached hydrogens (tertiary/aromatic N) is 1. The van der Waals surface area contributed by atoms with Gasteiger partial charge in [-0.2, -0.15) is 5.26 Å². The number of ether oxygens (including phenoxy) is 2. The molecule has 1 aliphatic heterocycles. The first kappa shape index (κ1) is 33.2. The Morgan fingerprint density at radius 1 is 0.482 bits per heavy atom. The lowest BCUT2D eigenvalue weighted by Crippen LogP contribution is -2.28. The second-order valence-corrected chi connectivity index (χ2v) is 14.3. The zero-order chi connectivity index (χ0) is 37.5. The van der Waals surface area contributed by atoms with Crippen LogP contribution in [0.2, 0.25) is 0 Å². The Morgan fingerprint density at radius 3 is 1.95 bits per heavy atom. The fourth-order valence-corrected chi connectivity index (χ4v) is 8.55. The summed E-state index contributed by atoms with van der Waals surface area (Å²) >= 11 is 0. The summed E-state index contributed by atoms with van der Waals surface area (Å²) in [6, 6.07) is 67.9. The Hall–Kier alpha value is -7.41. The zero-order valence-corrected chi connectivity index (χ0v) is 30.5. The van der Waals surface area contributed by atoms with Crippen molar-refractivity contribution in [3.8, 4) is 62.4 Å². The van der Waals surface area contributed by atoms with Crippen molar-refractivity contribution in [2.75, 3.05) is 0 Å². The van der Waals surface area contributed by atoms with Gasteiger partial charge in [-0.1, -0.05) is 164 Å². The minimum Gasteiger partial charge on any atom is -0.449 e. The third kappa shape index (κ3) is 5.59. The molecule has 0 atom stereocenters. The summed E-state index contributed by atoms with van der Waals surface area (Å²) in [5.41, 5.74) is 13.8. The molecule has 0 amide bonds. The maximum Gasteiger partial charge on any atom is 0.177 e. The summed E-state index contributed by atoms with van der Waals surface area (Å²) in [7, 11) is 0. The fourth-order valence-electron chi connectivity index (χ4n) is 8.55. The van der Waals surface area contributed by atoms with E-state index in [0.29, 0.717) is 28.6 Å². The highest BCUT2D eigenvalue weighted by molar-refractivity contribution is 5.89. The van der Waals surface area contributed by atoms with Gasteiger partial charge in [0, 0.05) is 5.56 Å². The predicted octanol–water partition coefficient (Wildman–Crippen LogP) is 13.4. The first-order chi connectivity index (χ1) is 27.7. The predicted molar refractivity (Wildman–Crippen MR) is 225 cm³/mol. The van der Waals surface area contributed by atoms with Gasteiger partial charge >= 0.3 is 0 Å². The quantitative estimate of drug-likeness (QED) is 0.165. The van der Waals surface area contributed by atoms with Crippen molar-refractivity contribution in [3.63, 3.8) is 0 Å². The van der Waals surface area contributed by atoms with E-state index in [1.165, 1.54) is 33.4 Å². The number of nitriles is 1. The van der Waals surface area contributed by atoms with Gasteiger partial charge in [-0.15, -0.1) is 0 Å². The number of benzene rings is 8. The average Bonchev–Trinajstić information content (AvgIpc) is 3.55. The van der Waals surface area contributed by atoms with Crippen LogP contribution >= 0.6 is 0 Å². The van der Waals surface area contributed by atoms with Gasteiger partial charge in [0.1, 0.15) is 0 Å². The summed E-state index contributed by atoms with van der Waals surface area (Å²) in [5.74, 6) is 2.82. The molecule has 0 spiro atoms. The van der Waals surface area contributed by atoms with Gasteiger partial charge < -0.3 is 9.47 Å². The van der Waals surface area contributed by atoms with Crippen molar-refractivity contribution in [2.45, 2.75) is 11.8 Å². The number of rotatable bonds is 7. The Morgan fingerprint density at radius 2 is 1.14 bits per heavy atom. The fraction of sp³-hybridized carbons (Fsp3) is 0.0377. The number of para-hydroxylation sites is 1. The third-order valence-corrected chi connectivity index (χ3v) is 11.0. The van der Waals surface area contributed by atoms with Crippen molar-refractivity contribution in [3.05, 3.63) is 233 Å². The minimum atomic E-state index is -0.529. The average molecular weight is 718 g/mol. The van der Waals surface area contributed by atoms with Crippen LogP contribution in [0.25, 0.3) is 39.5 Å². The van der Waals surface area contributed by atoms with Gasteiger partial charge in [0.05, 0.1) is 17.0 Å². The van der Waals surface area contributed by atoms with Crippen LogP contribution in [-0.2, 0) is 11.8 Å². The summed E-state index contributed by atoms with van der Waals surface area (Å²) < 4.78 is 13.6. The van der Waals surface area contributed by atoms with E-state index in [1.807, 2.05) is 36.4 Å². The number of hydrogen-bond acceptors (Lipinski definition) is 3. The summed E-state index contributed by atoms with van der Waals surface area (Å²) in [6.45, 7) is 0. The standard InChI is InChI=1S/C53H35NO2/c54-35-38-18-12-20-40(32-38)39-19-10-16-36(30-39)14-9-15-37-17-11-21-41(31-37)44-27-13-29-49-52(44)56-51-34-48-46(33-50(51)55-49)45-26-7-8-28-47(45)53(48,42-22-3-1-4-23-42)43-24-5-2-6-25-43/h1-14,16-34H,15H2/b14-9+. The van der Waals surface area contributed by atoms with E-state index in [0.717, 1.165) is 39.8 Å². The summed E-state index contributed by atoms with van der Waals surface area (Å²) in [6.07, 6.45) is 5.12. The first-order valence-corrected chi connectivity index (χ1v) is 18.9. The molecule has 0 radical (unpaired) electrons. The van der Waals surface area contributed by atoms with Gasteiger partial charge in [0.15, 0.2) is 23.0 Å². The van der Waals surface area contributed by atoms with Gasteiger partial charge in [-0.3, -0.25) is 0 Å². The van der Waals surface area contributed by atoms with E-state index in [1.54, 1.807) is 0 Å². The molecule has 2 aliphatic rings. The number of hydrogen-bond donors (Lipinski definition) is 0. The molecule has 0 saturated carbocycles. The summed E-state index contributed by atoms with van der Waals surface area (Å²) in [5, 5.41) is 9.35. The molecule has 0 fully saturated rings. The van der Waals surface area contributed by atoms with Crippen LogP contribution in [0.15, 0.2) is 194 Å². The molecule has 8 aromatic rings. The van der Waals surface area contributed by atoms with Crippen LogP contribution in [0.3, 0.4) is 0 Å². The van der Waals surface area contributed by atoms with Gasteiger partial charge in [0.2, 0.25) is 0 Å². The van der Waals surface area contributed by atoms with Crippen molar-refractivity contribution < 1.29 is 9.47 Å². The Bertz CT molecular complexity index is 2810. The second kappa shape index (κ2) is 13.8. The van der Waals surface area contributed by atoms with Crippen LogP contribution in [0.4, 0.5) is 0 Å². The molecule has 3 nitrogen and oxygen atoms in total. The van der Waals surface area contributed by atoms with Crippen LogP contribution in [0.5, 0.6) is 23.0 Å². The Labute approximate surface area is 327 Å². The molecular weight excluding hydrogens is 683 g/mol. The summed E-state index contributed by atoms with van der Waals surface area (Å²) in [4.78, 5) is 0. The van der Waals surface area contributed by atoms with E-state index in [4.69, 9.17) is 9.47 Å². The van der Waals surface area contributed by atoms with E-state index in [2.05, 4.69) is 170 Å². The van der Waals surface area contributed by atoms with E-state index < -0.39 is 5.41 Å². The lowest BCUT2D eigenvalue weighted by atomic mass is 9.67. The molecular formula is C53H35NO2. The molecule has 1 heterocycles. The zero-order valence-electron chi connectivity index (χ0n) is 30.5. The van der Waals surface area contributed by atoms with Crippen molar-refractivity contribution >= 4 is 6.08 Å². The normalized spacial score (nSPS) is 13.1. The lowest BCUT2D eigenvalue weighted by molar-refractivity contribution is 0.360. The van der Waals surface area contributed by atoms with Crippen LogP contribution in [-0.4, -0.2) is 0 Å². The number of fused-ring (bicyclic) bond motifs is 5.